The molecule has 2 rings (SSSR count). The molecule has 5 nitrogen and oxygen atoms in total. The molecule has 1 aromatic rings. The highest BCUT2D eigenvalue weighted by Crippen LogP contribution is 2.30. The zero-order valence-electron chi connectivity index (χ0n) is 9.23. The van der Waals surface area contributed by atoms with Crippen LogP contribution in [0.5, 0.6) is 0 Å². The van der Waals surface area contributed by atoms with E-state index in [1.165, 1.54) is 0 Å². The predicted octanol–water partition coefficient (Wildman–Crippen LogP) is 0.595. The second-order valence-electron chi connectivity index (χ2n) is 4.13. The van der Waals surface area contributed by atoms with E-state index in [2.05, 4.69) is 10.4 Å². The van der Waals surface area contributed by atoms with Gasteiger partial charge in [-0.1, -0.05) is 0 Å². The van der Waals surface area contributed by atoms with Crippen molar-refractivity contribution in [3.63, 3.8) is 0 Å². The zero-order chi connectivity index (χ0) is 11.4. The number of hydrogen-bond donors (Lipinski definition) is 3. The Kier molecular flexibility index (Phi) is 3.71. The van der Waals surface area contributed by atoms with Crippen molar-refractivity contribution in [1.29, 1.82) is 0 Å². The molecule has 0 aliphatic carbocycles. The molecule has 0 amide bonds. The molecule has 0 aromatic carbocycles. The topological polar surface area (TPSA) is 86.2 Å². The Morgan fingerprint density at radius 3 is 3.06 bits per heavy atom. The van der Waals surface area contributed by atoms with E-state index < -0.39 is 0 Å². The highest BCUT2D eigenvalue weighted by Gasteiger charge is 2.26. The molecule has 1 aliphatic rings. The maximum atomic E-state index is 5.93. The Labute approximate surface area is 95.1 Å². The highest BCUT2D eigenvalue weighted by molar-refractivity contribution is 5.46. The third kappa shape index (κ3) is 2.32. The van der Waals surface area contributed by atoms with Gasteiger partial charge in [-0.2, -0.15) is 0 Å². The average Bonchev–Trinajstić information content (AvgIpc) is 2.34. The van der Waals surface area contributed by atoms with Crippen LogP contribution in [0.2, 0.25) is 0 Å². The number of nitrogens with one attached hydrogen (secondary N) is 1. The average molecular weight is 222 g/mol. The number of hydrogen-bond acceptors (Lipinski definition) is 5. The van der Waals surface area contributed by atoms with Crippen LogP contribution >= 0.6 is 0 Å². The third-order valence-electron chi connectivity index (χ3n) is 3.07. The van der Waals surface area contributed by atoms with Crippen LogP contribution in [0.3, 0.4) is 0 Å². The molecule has 5 N–H and O–H groups in total. The smallest absolute Gasteiger partial charge is 0.0545 e. The van der Waals surface area contributed by atoms with Crippen LogP contribution in [0.1, 0.15) is 24.4 Å². The van der Waals surface area contributed by atoms with Crippen molar-refractivity contribution in [2.45, 2.75) is 18.9 Å². The van der Waals surface area contributed by atoms with Crippen molar-refractivity contribution in [1.82, 2.24) is 10.4 Å². The maximum Gasteiger partial charge on any atom is 0.0545 e. The molecule has 0 radical (unpaired) electrons. The van der Waals surface area contributed by atoms with Crippen LogP contribution in [0, 0.1) is 5.92 Å². The minimum absolute atomic E-state index is 0.0222. The number of nitrogen functional groups attached to an aromatic ring is 1. The van der Waals surface area contributed by atoms with Crippen molar-refractivity contribution in [3.05, 3.63) is 24.0 Å². The molecular weight excluding hydrogens is 204 g/mol. The Balaban J connectivity index is 2.18. The fourth-order valence-corrected chi connectivity index (χ4v) is 2.19. The molecule has 5 heteroatoms. The first-order chi connectivity index (χ1) is 7.83. The van der Waals surface area contributed by atoms with E-state index in [1.807, 2.05) is 0 Å². The van der Waals surface area contributed by atoms with Gasteiger partial charge in [0.05, 0.1) is 12.6 Å². The van der Waals surface area contributed by atoms with Gasteiger partial charge in [0.1, 0.15) is 0 Å². The summed E-state index contributed by atoms with van der Waals surface area (Å²) in [7, 11) is 0. The Morgan fingerprint density at radius 1 is 1.56 bits per heavy atom. The standard InChI is InChI=1S/C11H18N4O/c12-10-3-4-14-6-9(10)11(15-13)8-2-1-5-16-7-8/h3-4,6,8,11,15H,1-2,5,7,13H2,(H2,12,14). The van der Waals surface area contributed by atoms with Gasteiger partial charge in [0.25, 0.3) is 0 Å². The largest absolute Gasteiger partial charge is 0.398 e. The quantitative estimate of drug-likeness (QED) is 0.515. The van der Waals surface area contributed by atoms with Gasteiger partial charge in [-0.05, 0) is 18.9 Å². The Bertz CT molecular complexity index is 339. The molecule has 1 aliphatic heterocycles. The molecule has 88 valence electrons. The molecule has 1 fully saturated rings. The molecule has 16 heavy (non-hydrogen) atoms. The highest BCUT2D eigenvalue weighted by atomic mass is 16.5. The molecule has 2 atom stereocenters. The number of rotatable bonds is 3. The van der Waals surface area contributed by atoms with Gasteiger partial charge in [-0.3, -0.25) is 16.3 Å². The summed E-state index contributed by atoms with van der Waals surface area (Å²) in [5.74, 6) is 5.98. The molecule has 2 unspecified atom stereocenters. The minimum atomic E-state index is 0.0222. The fraction of sp³-hybridized carbons (Fsp3) is 0.545. The van der Waals surface area contributed by atoms with Gasteiger partial charge in [0.15, 0.2) is 0 Å². The molecule has 0 saturated carbocycles. The van der Waals surface area contributed by atoms with E-state index in [9.17, 15) is 0 Å². The van der Waals surface area contributed by atoms with Crippen molar-refractivity contribution in [3.8, 4) is 0 Å². The van der Waals surface area contributed by atoms with Crippen LogP contribution in [0.4, 0.5) is 5.69 Å². The summed E-state index contributed by atoms with van der Waals surface area (Å²) >= 11 is 0. The van der Waals surface area contributed by atoms with Crippen LogP contribution in [-0.2, 0) is 4.74 Å². The van der Waals surface area contributed by atoms with Gasteiger partial charge in [-0.25, -0.2) is 0 Å². The summed E-state index contributed by atoms with van der Waals surface area (Å²) in [5, 5.41) is 0. The van der Waals surface area contributed by atoms with Crippen LogP contribution in [0.15, 0.2) is 18.5 Å². The Hall–Kier alpha value is -1.17. The minimum Gasteiger partial charge on any atom is -0.398 e. The maximum absolute atomic E-state index is 5.93. The van der Waals surface area contributed by atoms with Crippen molar-refractivity contribution in [2.75, 3.05) is 18.9 Å². The molecule has 1 saturated heterocycles. The first-order valence-corrected chi connectivity index (χ1v) is 5.56. The van der Waals surface area contributed by atoms with E-state index >= 15 is 0 Å². The number of hydrazine groups is 1. The van der Waals surface area contributed by atoms with Crippen molar-refractivity contribution in [2.24, 2.45) is 11.8 Å². The summed E-state index contributed by atoms with van der Waals surface area (Å²) < 4.78 is 5.47. The van der Waals surface area contributed by atoms with E-state index in [0.717, 1.165) is 37.3 Å². The molecular formula is C11H18N4O. The number of aromatic nitrogens is 1. The van der Waals surface area contributed by atoms with Gasteiger partial charge in [0.2, 0.25) is 0 Å². The predicted molar refractivity (Wildman–Crippen MR) is 62.3 cm³/mol. The lowest BCUT2D eigenvalue weighted by atomic mass is 9.89. The van der Waals surface area contributed by atoms with Gasteiger partial charge < -0.3 is 10.5 Å². The van der Waals surface area contributed by atoms with Crippen LogP contribution in [-0.4, -0.2) is 18.2 Å². The molecule has 1 aromatic heterocycles. The third-order valence-corrected chi connectivity index (χ3v) is 3.07. The van der Waals surface area contributed by atoms with Gasteiger partial charge in [0, 0.05) is 36.2 Å². The van der Waals surface area contributed by atoms with E-state index in [1.54, 1.807) is 18.5 Å². The number of nitrogens with two attached hydrogens (primary N) is 2. The summed E-state index contributed by atoms with van der Waals surface area (Å²) in [6, 6.07) is 1.82. The van der Waals surface area contributed by atoms with E-state index in [-0.39, 0.29) is 6.04 Å². The Morgan fingerprint density at radius 2 is 2.44 bits per heavy atom. The first-order valence-electron chi connectivity index (χ1n) is 5.56. The first kappa shape index (κ1) is 11.3. The van der Waals surface area contributed by atoms with E-state index in [0.29, 0.717) is 5.92 Å². The monoisotopic (exact) mass is 222 g/mol. The molecule has 2 heterocycles. The second kappa shape index (κ2) is 5.25. The fourth-order valence-electron chi connectivity index (χ4n) is 2.19. The van der Waals surface area contributed by atoms with Crippen molar-refractivity contribution < 1.29 is 4.74 Å². The van der Waals surface area contributed by atoms with Gasteiger partial charge in [-0.15, -0.1) is 0 Å². The number of anilines is 1. The van der Waals surface area contributed by atoms with E-state index in [4.69, 9.17) is 16.3 Å². The second-order valence-corrected chi connectivity index (χ2v) is 4.13. The molecule has 0 bridgehead atoms. The summed E-state index contributed by atoms with van der Waals surface area (Å²) in [6.07, 6.45) is 5.63. The van der Waals surface area contributed by atoms with Crippen LogP contribution < -0.4 is 17.0 Å². The lowest BCUT2D eigenvalue weighted by Gasteiger charge is -2.30. The number of ether oxygens (including phenoxy) is 1. The lowest BCUT2D eigenvalue weighted by molar-refractivity contribution is 0.0391. The normalized spacial score (nSPS) is 22.9. The summed E-state index contributed by atoms with van der Waals surface area (Å²) in [4.78, 5) is 4.09. The van der Waals surface area contributed by atoms with Crippen molar-refractivity contribution >= 4 is 5.69 Å². The zero-order valence-corrected chi connectivity index (χ0v) is 9.23. The lowest BCUT2D eigenvalue weighted by Crippen LogP contribution is -2.37. The number of pyridine rings is 1. The molecule has 0 spiro atoms. The SMILES string of the molecule is NNC(c1cnccc1N)C1CCCOC1. The summed E-state index contributed by atoms with van der Waals surface area (Å²) in [6.45, 7) is 1.57. The van der Waals surface area contributed by atoms with Gasteiger partial charge >= 0.3 is 0 Å². The van der Waals surface area contributed by atoms with Crippen LogP contribution in [0.25, 0.3) is 0 Å². The summed E-state index contributed by atoms with van der Waals surface area (Å²) in [5.41, 5.74) is 10.4. The number of nitrogens with zero attached hydrogens (tertiary/aromatic N) is 1.